The Hall–Kier alpha value is -3.45. The van der Waals surface area contributed by atoms with E-state index in [1.54, 1.807) is 31.4 Å². The Kier molecular flexibility index (Phi) is 5.14. The van der Waals surface area contributed by atoms with Crippen LogP contribution in [0.15, 0.2) is 65.0 Å². The molecule has 7 heteroatoms. The molecule has 0 aliphatic rings. The van der Waals surface area contributed by atoms with Crippen LogP contribution in [-0.2, 0) is 11.3 Å². The van der Waals surface area contributed by atoms with E-state index in [1.165, 1.54) is 22.2 Å². The third kappa shape index (κ3) is 3.90. The van der Waals surface area contributed by atoms with Crippen LogP contribution in [0.5, 0.6) is 5.75 Å². The van der Waals surface area contributed by atoms with E-state index < -0.39 is 0 Å². The first kappa shape index (κ1) is 18.9. The van der Waals surface area contributed by atoms with Crippen molar-refractivity contribution in [3.63, 3.8) is 0 Å². The van der Waals surface area contributed by atoms with Gasteiger partial charge in [-0.2, -0.15) is 0 Å². The number of carbonyl (C=O) groups is 1. The summed E-state index contributed by atoms with van der Waals surface area (Å²) in [6.07, 6.45) is 1.42. The molecule has 0 bridgehead atoms. The van der Waals surface area contributed by atoms with Gasteiger partial charge in [0.15, 0.2) is 0 Å². The smallest absolute Gasteiger partial charge is 0.263 e. The predicted molar refractivity (Wildman–Crippen MR) is 116 cm³/mol. The van der Waals surface area contributed by atoms with Crippen molar-refractivity contribution >= 4 is 33.1 Å². The molecule has 29 heavy (non-hydrogen) atoms. The first-order valence-electron chi connectivity index (χ1n) is 9.03. The van der Waals surface area contributed by atoms with Gasteiger partial charge in [0.25, 0.3) is 5.56 Å². The lowest BCUT2D eigenvalue weighted by Crippen LogP contribution is -2.27. The normalized spacial score (nSPS) is 10.8. The summed E-state index contributed by atoms with van der Waals surface area (Å²) in [7, 11) is 1.56. The highest BCUT2D eigenvalue weighted by Gasteiger charge is 2.15. The van der Waals surface area contributed by atoms with Crippen LogP contribution < -0.4 is 15.6 Å². The Balaban J connectivity index is 1.63. The number of ether oxygens (including phenoxy) is 1. The third-order valence-electron chi connectivity index (χ3n) is 4.59. The maximum Gasteiger partial charge on any atom is 0.263 e. The molecule has 0 aliphatic carbocycles. The minimum Gasteiger partial charge on any atom is -0.497 e. The van der Waals surface area contributed by atoms with Crippen LogP contribution in [0.25, 0.3) is 21.3 Å². The number of rotatable bonds is 5. The van der Waals surface area contributed by atoms with Gasteiger partial charge in [-0.15, -0.1) is 11.3 Å². The molecule has 0 atom stereocenters. The number of nitrogens with zero attached hydrogens (tertiary/aromatic N) is 2. The van der Waals surface area contributed by atoms with Crippen LogP contribution in [0.4, 0.5) is 5.69 Å². The average molecular weight is 405 g/mol. The molecule has 6 nitrogen and oxygen atoms in total. The number of aromatic nitrogens is 2. The Bertz CT molecular complexity index is 1240. The van der Waals surface area contributed by atoms with Crippen LogP contribution >= 0.6 is 11.3 Å². The Morgan fingerprint density at radius 3 is 2.76 bits per heavy atom. The number of anilines is 1. The van der Waals surface area contributed by atoms with E-state index in [0.717, 1.165) is 16.7 Å². The fraction of sp³-hybridized carbons (Fsp3) is 0.136. The van der Waals surface area contributed by atoms with E-state index in [9.17, 15) is 9.59 Å². The summed E-state index contributed by atoms with van der Waals surface area (Å²) in [6, 6.07) is 15.1. The second-order valence-corrected chi connectivity index (χ2v) is 7.51. The van der Waals surface area contributed by atoms with Gasteiger partial charge in [-0.1, -0.05) is 35.9 Å². The van der Waals surface area contributed by atoms with Crippen molar-refractivity contribution in [3.05, 3.63) is 76.2 Å². The van der Waals surface area contributed by atoms with Crippen LogP contribution in [0, 0.1) is 6.92 Å². The zero-order valence-corrected chi connectivity index (χ0v) is 16.8. The van der Waals surface area contributed by atoms with E-state index in [4.69, 9.17) is 4.74 Å². The van der Waals surface area contributed by atoms with Gasteiger partial charge < -0.3 is 10.1 Å². The number of fused-ring (bicyclic) bond motifs is 1. The first-order valence-corrected chi connectivity index (χ1v) is 9.90. The predicted octanol–water partition coefficient (Wildman–Crippen LogP) is 4.08. The fourth-order valence-corrected chi connectivity index (χ4v) is 3.99. The van der Waals surface area contributed by atoms with Crippen molar-refractivity contribution < 1.29 is 9.53 Å². The molecular formula is C22H19N3O3S. The molecule has 2 aromatic carbocycles. The van der Waals surface area contributed by atoms with E-state index in [2.05, 4.69) is 10.3 Å². The first-order chi connectivity index (χ1) is 14.0. The number of hydrogen-bond donors (Lipinski definition) is 1. The van der Waals surface area contributed by atoms with Gasteiger partial charge in [0.05, 0.1) is 18.8 Å². The summed E-state index contributed by atoms with van der Waals surface area (Å²) < 4.78 is 6.50. The number of nitrogens with one attached hydrogen (secondary N) is 1. The van der Waals surface area contributed by atoms with Crippen molar-refractivity contribution in [2.75, 3.05) is 12.4 Å². The lowest BCUT2D eigenvalue weighted by atomic mass is 10.1. The second-order valence-electron chi connectivity index (χ2n) is 6.65. The van der Waals surface area contributed by atoms with E-state index in [1.807, 2.05) is 36.6 Å². The lowest BCUT2D eigenvalue weighted by molar-refractivity contribution is -0.116. The van der Waals surface area contributed by atoms with Crippen LogP contribution in [0.1, 0.15) is 5.56 Å². The molecule has 2 aromatic heterocycles. The summed E-state index contributed by atoms with van der Waals surface area (Å²) >= 11 is 1.42. The Labute approximate surface area is 171 Å². The molecule has 0 unspecified atom stereocenters. The van der Waals surface area contributed by atoms with Crippen molar-refractivity contribution in [1.82, 2.24) is 9.55 Å². The molecule has 0 aliphatic heterocycles. The lowest BCUT2D eigenvalue weighted by Gasteiger charge is -2.09. The SMILES string of the molecule is COc1cccc(NC(=O)Cn2cnc3scc(-c4ccc(C)cc4)c3c2=O)c1. The molecule has 1 N–H and O–H groups in total. The monoisotopic (exact) mass is 405 g/mol. The van der Waals surface area contributed by atoms with E-state index in [-0.39, 0.29) is 18.0 Å². The van der Waals surface area contributed by atoms with Crippen LogP contribution in [0.3, 0.4) is 0 Å². The highest BCUT2D eigenvalue weighted by atomic mass is 32.1. The molecular weight excluding hydrogens is 386 g/mol. The topological polar surface area (TPSA) is 73.2 Å². The number of benzene rings is 2. The van der Waals surface area contributed by atoms with Gasteiger partial charge in [0.1, 0.15) is 17.1 Å². The summed E-state index contributed by atoms with van der Waals surface area (Å²) in [5, 5.41) is 5.26. The quantitative estimate of drug-likeness (QED) is 0.543. The van der Waals surface area contributed by atoms with Crippen molar-refractivity contribution in [3.8, 4) is 16.9 Å². The Morgan fingerprint density at radius 2 is 2.00 bits per heavy atom. The van der Waals surface area contributed by atoms with E-state index >= 15 is 0 Å². The highest BCUT2D eigenvalue weighted by Crippen LogP contribution is 2.30. The van der Waals surface area contributed by atoms with Crippen molar-refractivity contribution in [2.45, 2.75) is 13.5 Å². The molecule has 1 amide bonds. The minimum absolute atomic E-state index is 0.123. The summed E-state index contributed by atoms with van der Waals surface area (Å²) in [5.74, 6) is 0.331. The highest BCUT2D eigenvalue weighted by molar-refractivity contribution is 7.17. The number of hydrogen-bond acceptors (Lipinski definition) is 5. The minimum atomic E-state index is -0.311. The molecule has 2 heterocycles. The van der Waals surface area contributed by atoms with Gasteiger partial charge in [-0.05, 0) is 24.6 Å². The number of amides is 1. The number of thiophene rings is 1. The maximum absolute atomic E-state index is 13.1. The molecule has 0 fully saturated rings. The Morgan fingerprint density at radius 1 is 1.21 bits per heavy atom. The van der Waals surface area contributed by atoms with Gasteiger partial charge in [-0.25, -0.2) is 4.98 Å². The van der Waals surface area contributed by atoms with Crippen molar-refractivity contribution in [1.29, 1.82) is 0 Å². The largest absolute Gasteiger partial charge is 0.497 e. The molecule has 4 aromatic rings. The average Bonchev–Trinajstić information content (AvgIpc) is 3.16. The molecule has 4 rings (SSSR count). The fourth-order valence-electron chi connectivity index (χ4n) is 3.08. The molecule has 0 saturated heterocycles. The number of aryl methyl sites for hydroxylation is 1. The van der Waals surface area contributed by atoms with Gasteiger partial charge in [-0.3, -0.25) is 14.2 Å². The molecule has 0 saturated carbocycles. The summed E-state index contributed by atoms with van der Waals surface area (Å²) in [5.41, 5.74) is 3.32. The molecule has 0 spiro atoms. The molecule has 0 radical (unpaired) electrons. The van der Waals surface area contributed by atoms with Gasteiger partial charge in [0, 0.05) is 22.7 Å². The van der Waals surface area contributed by atoms with Crippen LogP contribution in [-0.4, -0.2) is 22.6 Å². The zero-order valence-electron chi connectivity index (χ0n) is 16.0. The number of carbonyl (C=O) groups excluding carboxylic acids is 1. The number of methoxy groups -OCH3 is 1. The molecule has 146 valence electrons. The van der Waals surface area contributed by atoms with E-state index in [0.29, 0.717) is 21.7 Å². The third-order valence-corrected chi connectivity index (χ3v) is 5.48. The van der Waals surface area contributed by atoms with Gasteiger partial charge >= 0.3 is 0 Å². The second kappa shape index (κ2) is 7.89. The van der Waals surface area contributed by atoms with Crippen molar-refractivity contribution in [2.24, 2.45) is 0 Å². The zero-order chi connectivity index (χ0) is 20.4. The summed E-state index contributed by atoms with van der Waals surface area (Å²) in [4.78, 5) is 30.6. The standard InChI is InChI=1S/C22H19N3O3S/c1-14-6-8-15(9-7-14)18-12-29-21-20(18)22(27)25(13-23-21)11-19(26)24-16-4-3-5-17(10-16)28-2/h3-10,12-13H,11H2,1-2H3,(H,24,26). The van der Waals surface area contributed by atoms with Gasteiger partial charge in [0.2, 0.25) is 5.91 Å². The van der Waals surface area contributed by atoms with Crippen LogP contribution in [0.2, 0.25) is 0 Å². The maximum atomic E-state index is 13.1. The summed E-state index contributed by atoms with van der Waals surface area (Å²) in [6.45, 7) is 1.90.